The van der Waals surface area contributed by atoms with Gasteiger partial charge in [0.1, 0.15) is 5.69 Å². The SMILES string of the molecule is Cc1cc(-c2cncc3ccc(C(N)=O)nc23)ccn1. The zero-order chi connectivity index (χ0) is 14.1. The second-order valence-electron chi connectivity index (χ2n) is 4.51. The first-order chi connectivity index (χ1) is 9.65. The van der Waals surface area contributed by atoms with Crippen LogP contribution in [0.4, 0.5) is 0 Å². The van der Waals surface area contributed by atoms with E-state index in [1.807, 2.05) is 19.1 Å². The van der Waals surface area contributed by atoms with Gasteiger partial charge < -0.3 is 5.73 Å². The van der Waals surface area contributed by atoms with Crippen molar-refractivity contribution in [1.29, 1.82) is 0 Å². The molecule has 98 valence electrons. The molecule has 0 bridgehead atoms. The Kier molecular flexibility index (Phi) is 2.87. The molecule has 2 N–H and O–H groups in total. The number of aromatic nitrogens is 3. The van der Waals surface area contributed by atoms with Crippen LogP contribution >= 0.6 is 0 Å². The predicted octanol–water partition coefficient (Wildman–Crippen LogP) is 2.10. The zero-order valence-electron chi connectivity index (χ0n) is 10.9. The Morgan fingerprint density at radius 3 is 2.80 bits per heavy atom. The Morgan fingerprint density at radius 1 is 1.20 bits per heavy atom. The third-order valence-corrected chi connectivity index (χ3v) is 3.06. The van der Waals surface area contributed by atoms with Gasteiger partial charge >= 0.3 is 0 Å². The first kappa shape index (κ1) is 12.2. The minimum atomic E-state index is -0.541. The summed E-state index contributed by atoms with van der Waals surface area (Å²) in [4.78, 5) is 24.0. The summed E-state index contributed by atoms with van der Waals surface area (Å²) in [6.07, 6.45) is 5.18. The van der Waals surface area contributed by atoms with Crippen molar-refractivity contribution in [2.75, 3.05) is 0 Å². The summed E-state index contributed by atoms with van der Waals surface area (Å²) in [7, 11) is 0. The van der Waals surface area contributed by atoms with Crippen molar-refractivity contribution in [3.63, 3.8) is 0 Å². The van der Waals surface area contributed by atoms with Crippen LogP contribution < -0.4 is 5.73 Å². The van der Waals surface area contributed by atoms with E-state index < -0.39 is 5.91 Å². The maximum atomic E-state index is 11.3. The van der Waals surface area contributed by atoms with Gasteiger partial charge in [0.25, 0.3) is 5.91 Å². The first-order valence-corrected chi connectivity index (χ1v) is 6.13. The van der Waals surface area contributed by atoms with Crippen molar-refractivity contribution in [3.05, 3.63) is 54.2 Å². The molecule has 0 fully saturated rings. The highest BCUT2D eigenvalue weighted by Gasteiger charge is 2.09. The molecule has 1 amide bonds. The number of aryl methyl sites for hydroxylation is 1. The third kappa shape index (κ3) is 2.09. The van der Waals surface area contributed by atoms with Gasteiger partial charge in [0.05, 0.1) is 5.52 Å². The van der Waals surface area contributed by atoms with E-state index in [1.54, 1.807) is 30.7 Å². The summed E-state index contributed by atoms with van der Waals surface area (Å²) in [6, 6.07) is 7.25. The van der Waals surface area contributed by atoms with E-state index in [0.717, 1.165) is 22.2 Å². The number of nitrogens with zero attached hydrogens (tertiary/aromatic N) is 3. The Labute approximate surface area is 115 Å². The van der Waals surface area contributed by atoms with Crippen LogP contribution in [0.15, 0.2) is 42.9 Å². The highest BCUT2D eigenvalue weighted by atomic mass is 16.1. The maximum Gasteiger partial charge on any atom is 0.267 e. The van der Waals surface area contributed by atoms with Gasteiger partial charge in [-0.25, -0.2) is 4.98 Å². The molecule has 5 nitrogen and oxygen atoms in total. The summed E-state index contributed by atoms with van der Waals surface area (Å²) >= 11 is 0. The Morgan fingerprint density at radius 2 is 2.05 bits per heavy atom. The van der Waals surface area contributed by atoms with Gasteiger partial charge in [0, 0.05) is 35.2 Å². The molecular formula is C15H12N4O. The summed E-state index contributed by atoms with van der Waals surface area (Å²) in [5.74, 6) is -0.541. The molecule has 0 saturated heterocycles. The number of primary amides is 1. The van der Waals surface area contributed by atoms with Crippen LogP contribution in [0.2, 0.25) is 0 Å². The molecule has 0 aliphatic heterocycles. The molecule has 3 rings (SSSR count). The van der Waals surface area contributed by atoms with E-state index in [0.29, 0.717) is 5.52 Å². The molecular weight excluding hydrogens is 252 g/mol. The lowest BCUT2D eigenvalue weighted by Gasteiger charge is -2.07. The second kappa shape index (κ2) is 4.70. The summed E-state index contributed by atoms with van der Waals surface area (Å²) in [5, 5.41) is 0.863. The van der Waals surface area contributed by atoms with E-state index in [2.05, 4.69) is 15.0 Å². The lowest BCUT2D eigenvalue weighted by Crippen LogP contribution is -2.12. The summed E-state index contributed by atoms with van der Waals surface area (Å²) < 4.78 is 0. The van der Waals surface area contributed by atoms with Gasteiger partial charge in [-0.2, -0.15) is 0 Å². The largest absolute Gasteiger partial charge is 0.364 e. The van der Waals surface area contributed by atoms with E-state index in [-0.39, 0.29) is 5.69 Å². The molecule has 0 aliphatic rings. The molecule has 5 heteroatoms. The molecule has 0 atom stereocenters. The van der Waals surface area contributed by atoms with Crippen molar-refractivity contribution in [2.45, 2.75) is 6.92 Å². The van der Waals surface area contributed by atoms with Gasteiger partial charge in [0.2, 0.25) is 0 Å². The molecule has 3 heterocycles. The van der Waals surface area contributed by atoms with Crippen molar-refractivity contribution >= 4 is 16.8 Å². The molecule has 0 radical (unpaired) electrons. The number of carbonyl (C=O) groups excluding carboxylic acids is 1. The van der Waals surface area contributed by atoms with E-state index in [1.165, 1.54) is 0 Å². The number of pyridine rings is 3. The van der Waals surface area contributed by atoms with E-state index in [9.17, 15) is 4.79 Å². The molecule has 3 aromatic heterocycles. The average Bonchev–Trinajstić information content (AvgIpc) is 2.46. The fourth-order valence-electron chi connectivity index (χ4n) is 2.10. The topological polar surface area (TPSA) is 81.8 Å². The number of nitrogens with two attached hydrogens (primary N) is 1. The van der Waals surface area contributed by atoms with Crippen LogP contribution in [0.3, 0.4) is 0 Å². The Hall–Kier alpha value is -2.82. The highest BCUT2D eigenvalue weighted by molar-refractivity contribution is 5.97. The molecule has 3 aromatic rings. The summed E-state index contributed by atoms with van der Waals surface area (Å²) in [5.41, 5.74) is 8.97. The minimum absolute atomic E-state index is 0.246. The van der Waals surface area contributed by atoms with E-state index >= 15 is 0 Å². The smallest absolute Gasteiger partial charge is 0.267 e. The fourth-order valence-corrected chi connectivity index (χ4v) is 2.10. The number of amides is 1. The van der Waals surface area contributed by atoms with Crippen LogP contribution in [-0.4, -0.2) is 20.9 Å². The first-order valence-electron chi connectivity index (χ1n) is 6.13. The Bertz CT molecular complexity index is 814. The van der Waals surface area contributed by atoms with E-state index in [4.69, 9.17) is 5.73 Å². The lowest BCUT2D eigenvalue weighted by atomic mass is 10.0. The monoisotopic (exact) mass is 264 g/mol. The molecule has 20 heavy (non-hydrogen) atoms. The lowest BCUT2D eigenvalue weighted by molar-refractivity contribution is 0.0996. The van der Waals surface area contributed by atoms with Crippen molar-refractivity contribution < 1.29 is 4.79 Å². The maximum absolute atomic E-state index is 11.3. The van der Waals surface area contributed by atoms with Crippen LogP contribution in [0.5, 0.6) is 0 Å². The standard InChI is InChI=1S/C15H12N4O/c1-9-6-10(4-5-18-9)12-8-17-7-11-2-3-13(15(16)20)19-14(11)12/h2-8H,1H3,(H2,16,20). The molecule has 0 spiro atoms. The van der Waals surface area contributed by atoms with Gasteiger partial charge in [-0.15, -0.1) is 0 Å². The van der Waals surface area contributed by atoms with Gasteiger partial charge in [-0.1, -0.05) is 0 Å². The zero-order valence-corrected chi connectivity index (χ0v) is 10.9. The van der Waals surface area contributed by atoms with Crippen LogP contribution in [0.1, 0.15) is 16.2 Å². The van der Waals surface area contributed by atoms with Crippen LogP contribution in [-0.2, 0) is 0 Å². The third-order valence-electron chi connectivity index (χ3n) is 3.06. The minimum Gasteiger partial charge on any atom is -0.364 e. The summed E-state index contributed by atoms with van der Waals surface area (Å²) in [6.45, 7) is 1.92. The molecule has 0 aromatic carbocycles. The van der Waals surface area contributed by atoms with Crippen molar-refractivity contribution in [1.82, 2.24) is 15.0 Å². The van der Waals surface area contributed by atoms with Crippen LogP contribution in [0.25, 0.3) is 22.0 Å². The van der Waals surface area contributed by atoms with Gasteiger partial charge in [-0.3, -0.25) is 14.8 Å². The van der Waals surface area contributed by atoms with Crippen molar-refractivity contribution in [2.24, 2.45) is 5.73 Å². The number of carbonyl (C=O) groups is 1. The molecule has 0 aliphatic carbocycles. The second-order valence-corrected chi connectivity index (χ2v) is 4.51. The average molecular weight is 264 g/mol. The van der Waals surface area contributed by atoms with Crippen molar-refractivity contribution in [3.8, 4) is 11.1 Å². The van der Waals surface area contributed by atoms with Crippen LogP contribution in [0, 0.1) is 6.92 Å². The number of hydrogen-bond acceptors (Lipinski definition) is 4. The van der Waals surface area contributed by atoms with Gasteiger partial charge in [-0.05, 0) is 36.8 Å². The Balaban J connectivity index is 2.29. The molecule has 0 unspecified atom stereocenters. The highest BCUT2D eigenvalue weighted by Crippen LogP contribution is 2.26. The normalized spacial score (nSPS) is 10.7. The fraction of sp³-hybridized carbons (Fsp3) is 0.0667. The predicted molar refractivity (Wildman–Crippen MR) is 76.0 cm³/mol. The molecule has 0 saturated carbocycles. The quantitative estimate of drug-likeness (QED) is 0.768. The number of fused-ring (bicyclic) bond motifs is 1. The van der Waals surface area contributed by atoms with Gasteiger partial charge in [0.15, 0.2) is 0 Å². The number of rotatable bonds is 2. The number of hydrogen-bond donors (Lipinski definition) is 1.